The van der Waals surface area contributed by atoms with Crippen molar-refractivity contribution in [3.05, 3.63) is 72.2 Å². The Kier molecular flexibility index (Phi) is 10.1. The normalized spacial score (nSPS) is 14.5. The van der Waals surface area contributed by atoms with Gasteiger partial charge in [0.15, 0.2) is 6.20 Å². The van der Waals surface area contributed by atoms with Crippen LogP contribution in [0.5, 0.6) is 0 Å². The number of benzene rings is 2. The van der Waals surface area contributed by atoms with Gasteiger partial charge in [-0.25, -0.2) is 4.39 Å². The highest BCUT2D eigenvalue weighted by molar-refractivity contribution is 7.98. The summed E-state index contributed by atoms with van der Waals surface area (Å²) < 4.78 is 16.4. The summed E-state index contributed by atoms with van der Waals surface area (Å²) in [5, 5.41) is 1.26. The highest BCUT2D eigenvalue weighted by atomic mass is 127. The molecule has 4 rings (SSSR count). The average Bonchev–Trinajstić information content (AvgIpc) is 2.79. The van der Waals surface area contributed by atoms with Gasteiger partial charge in [0.05, 0.1) is 4.90 Å². The summed E-state index contributed by atoms with van der Waals surface area (Å²) in [6, 6.07) is 17.9. The third kappa shape index (κ3) is 7.18. The Morgan fingerprint density at radius 1 is 0.903 bits per heavy atom. The van der Waals surface area contributed by atoms with Crippen molar-refractivity contribution in [3.63, 3.8) is 0 Å². The van der Waals surface area contributed by atoms with Crippen LogP contribution in [0.2, 0.25) is 0 Å². The average molecular weight is 550 g/mol. The molecule has 0 aliphatic heterocycles. The van der Waals surface area contributed by atoms with E-state index in [0.29, 0.717) is 5.75 Å². The molecule has 0 radical (unpaired) electrons. The number of fused-ring (bicyclic) bond motifs is 1. The number of thioether (sulfide) groups is 1. The second kappa shape index (κ2) is 12.8. The number of para-hydroxylation sites is 1. The van der Waals surface area contributed by atoms with Crippen LogP contribution in [-0.2, 0) is 12.3 Å². The van der Waals surface area contributed by atoms with Crippen LogP contribution in [0.3, 0.4) is 0 Å². The van der Waals surface area contributed by atoms with E-state index in [1.807, 2.05) is 12.1 Å². The SMILES string of the molecule is Fc1ccccc1CSc1cc2ccccc2[n+](CCCCCC2CCCCC2)c1.[I-]. The van der Waals surface area contributed by atoms with Gasteiger partial charge in [0, 0.05) is 23.6 Å². The van der Waals surface area contributed by atoms with Gasteiger partial charge in [-0.05, 0) is 36.1 Å². The van der Waals surface area contributed by atoms with E-state index in [4.69, 9.17) is 0 Å². The summed E-state index contributed by atoms with van der Waals surface area (Å²) in [5.74, 6) is 1.54. The lowest BCUT2D eigenvalue weighted by atomic mass is 9.85. The molecule has 2 aromatic carbocycles. The molecular weight excluding hydrogens is 516 g/mol. The first kappa shape index (κ1) is 24.5. The van der Waals surface area contributed by atoms with Gasteiger partial charge in [-0.3, -0.25) is 0 Å². The van der Waals surface area contributed by atoms with Crippen LogP contribution in [0.25, 0.3) is 10.9 Å². The lowest BCUT2D eigenvalue weighted by molar-refractivity contribution is -0.673. The fourth-order valence-corrected chi connectivity index (χ4v) is 5.66. The van der Waals surface area contributed by atoms with Gasteiger partial charge in [0.1, 0.15) is 12.4 Å². The molecule has 1 aliphatic carbocycles. The van der Waals surface area contributed by atoms with Crippen LogP contribution in [0.15, 0.2) is 65.7 Å². The molecular formula is C27H33FINS. The quantitative estimate of drug-likeness (QED) is 0.162. The highest BCUT2D eigenvalue weighted by Crippen LogP contribution is 2.28. The molecule has 1 nitrogen and oxygen atoms in total. The molecule has 0 bridgehead atoms. The van der Waals surface area contributed by atoms with Crippen molar-refractivity contribution in [2.24, 2.45) is 5.92 Å². The Hall–Kier alpha value is -1.14. The molecule has 1 saturated carbocycles. The summed E-state index contributed by atoms with van der Waals surface area (Å²) >= 11 is 1.72. The topological polar surface area (TPSA) is 3.88 Å². The van der Waals surface area contributed by atoms with Gasteiger partial charge >= 0.3 is 0 Å². The van der Waals surface area contributed by atoms with Crippen LogP contribution in [0, 0.1) is 11.7 Å². The molecule has 4 heteroatoms. The minimum absolute atomic E-state index is 0. The molecule has 0 spiro atoms. The fourth-order valence-electron chi connectivity index (χ4n) is 4.69. The zero-order valence-electron chi connectivity index (χ0n) is 18.2. The number of unbranched alkanes of at least 4 members (excludes halogenated alkanes) is 2. The van der Waals surface area contributed by atoms with Crippen molar-refractivity contribution in [2.45, 2.75) is 75.0 Å². The van der Waals surface area contributed by atoms with E-state index < -0.39 is 0 Å². The first-order chi connectivity index (χ1) is 14.8. The molecule has 31 heavy (non-hydrogen) atoms. The predicted octanol–water partition coefficient (Wildman–Crippen LogP) is 4.70. The number of pyridine rings is 1. The molecule has 0 unspecified atom stereocenters. The van der Waals surface area contributed by atoms with Crippen molar-refractivity contribution in [1.29, 1.82) is 0 Å². The summed E-state index contributed by atoms with van der Waals surface area (Å²) in [6.45, 7) is 1.05. The molecule has 1 aromatic heterocycles. The zero-order chi connectivity index (χ0) is 20.6. The molecule has 1 heterocycles. The minimum atomic E-state index is -0.114. The molecule has 1 aliphatic rings. The maximum Gasteiger partial charge on any atom is 0.212 e. The number of aryl methyl sites for hydroxylation is 1. The second-order valence-corrected chi connectivity index (χ2v) is 9.71. The molecule has 0 amide bonds. The monoisotopic (exact) mass is 549 g/mol. The van der Waals surface area contributed by atoms with Crippen LogP contribution in [0.1, 0.15) is 63.4 Å². The Bertz CT molecular complexity index is 955. The van der Waals surface area contributed by atoms with E-state index in [0.717, 1.165) is 18.0 Å². The summed E-state index contributed by atoms with van der Waals surface area (Å²) in [6.07, 6.45) is 14.8. The number of halogens is 2. The lowest BCUT2D eigenvalue weighted by Gasteiger charge is -2.21. The van der Waals surface area contributed by atoms with E-state index in [-0.39, 0.29) is 29.8 Å². The number of nitrogens with zero attached hydrogens (tertiary/aromatic N) is 1. The van der Waals surface area contributed by atoms with Crippen LogP contribution >= 0.6 is 11.8 Å². The van der Waals surface area contributed by atoms with Crippen molar-refractivity contribution in [3.8, 4) is 0 Å². The number of rotatable bonds is 9. The molecule has 1 fully saturated rings. The Morgan fingerprint density at radius 2 is 1.68 bits per heavy atom. The fraction of sp³-hybridized carbons (Fsp3) is 0.444. The van der Waals surface area contributed by atoms with Gasteiger partial charge in [-0.15, -0.1) is 11.8 Å². The standard InChI is InChI=1S/C27H33FNS.HI/c28-26-16-8-6-15-24(26)21-30-25-19-23-14-7-9-17-27(23)29(20-25)18-10-2-5-13-22-11-3-1-4-12-22;/h6-9,14-17,19-20,22H,1-5,10-13,18,21H2;1H/q+1;/p-1. The Morgan fingerprint density at radius 3 is 2.52 bits per heavy atom. The Labute approximate surface area is 207 Å². The van der Waals surface area contributed by atoms with E-state index in [1.165, 1.54) is 73.6 Å². The predicted molar refractivity (Wildman–Crippen MR) is 125 cm³/mol. The second-order valence-electron chi connectivity index (χ2n) is 8.66. The molecule has 0 N–H and O–H groups in total. The third-order valence-corrected chi connectivity index (χ3v) is 7.43. The molecule has 3 aromatic rings. The van der Waals surface area contributed by atoms with Gasteiger partial charge in [-0.2, -0.15) is 4.57 Å². The lowest BCUT2D eigenvalue weighted by Crippen LogP contribution is -3.00. The first-order valence-electron chi connectivity index (χ1n) is 11.6. The highest BCUT2D eigenvalue weighted by Gasteiger charge is 2.14. The molecule has 0 atom stereocenters. The first-order valence-corrected chi connectivity index (χ1v) is 12.6. The van der Waals surface area contributed by atoms with Crippen LogP contribution in [-0.4, -0.2) is 0 Å². The maximum atomic E-state index is 14.0. The summed E-state index contributed by atoms with van der Waals surface area (Å²) in [4.78, 5) is 1.21. The maximum absolute atomic E-state index is 14.0. The van der Waals surface area contributed by atoms with E-state index in [2.05, 4.69) is 41.1 Å². The number of hydrogen-bond donors (Lipinski definition) is 0. The molecule has 0 saturated heterocycles. The van der Waals surface area contributed by atoms with Crippen molar-refractivity contribution >= 4 is 22.7 Å². The smallest absolute Gasteiger partial charge is 0.212 e. The summed E-state index contributed by atoms with van der Waals surface area (Å²) in [5.41, 5.74) is 2.06. The molecule has 166 valence electrons. The van der Waals surface area contributed by atoms with Gasteiger partial charge in [0.2, 0.25) is 5.52 Å². The van der Waals surface area contributed by atoms with Gasteiger partial charge < -0.3 is 24.0 Å². The zero-order valence-corrected chi connectivity index (χ0v) is 21.2. The summed E-state index contributed by atoms with van der Waals surface area (Å²) in [7, 11) is 0. The minimum Gasteiger partial charge on any atom is -1.00 e. The van der Waals surface area contributed by atoms with Crippen LogP contribution < -0.4 is 28.5 Å². The Balaban J connectivity index is 0.00000272. The largest absolute Gasteiger partial charge is 1.00 e. The number of hydrogen-bond acceptors (Lipinski definition) is 1. The van der Waals surface area contributed by atoms with E-state index in [1.54, 1.807) is 23.9 Å². The van der Waals surface area contributed by atoms with Crippen molar-refractivity contribution < 1.29 is 32.9 Å². The van der Waals surface area contributed by atoms with E-state index >= 15 is 0 Å². The number of aromatic nitrogens is 1. The van der Waals surface area contributed by atoms with Crippen LogP contribution in [0.4, 0.5) is 4.39 Å². The van der Waals surface area contributed by atoms with Crippen molar-refractivity contribution in [1.82, 2.24) is 0 Å². The van der Waals surface area contributed by atoms with Gasteiger partial charge in [0.25, 0.3) is 0 Å². The van der Waals surface area contributed by atoms with E-state index in [9.17, 15) is 4.39 Å². The third-order valence-electron chi connectivity index (χ3n) is 6.42. The van der Waals surface area contributed by atoms with Gasteiger partial charge in [-0.1, -0.05) is 75.3 Å². The van der Waals surface area contributed by atoms with Crippen molar-refractivity contribution in [2.75, 3.05) is 0 Å².